The maximum Gasteiger partial charge on any atom is 0.238 e. The molecule has 0 bridgehead atoms. The molecule has 1 heterocycles. The maximum atomic E-state index is 11.7. The predicted octanol–water partition coefficient (Wildman–Crippen LogP) is 1.10. The largest absolute Gasteiger partial charge is 0.508 e. The summed E-state index contributed by atoms with van der Waals surface area (Å²) in [6.07, 6.45) is 1.82. The fourth-order valence-corrected chi connectivity index (χ4v) is 2.80. The van der Waals surface area contributed by atoms with Gasteiger partial charge in [0.15, 0.2) is 0 Å². The van der Waals surface area contributed by atoms with Gasteiger partial charge in [0, 0.05) is 18.2 Å². The van der Waals surface area contributed by atoms with Crippen LogP contribution in [0.25, 0.3) is 0 Å². The van der Waals surface area contributed by atoms with Crippen LogP contribution in [0.2, 0.25) is 0 Å². The van der Waals surface area contributed by atoms with Crippen molar-refractivity contribution in [3.63, 3.8) is 0 Å². The summed E-state index contributed by atoms with van der Waals surface area (Å²) in [5.74, 6) is 2.12. The van der Waals surface area contributed by atoms with Crippen LogP contribution in [0.3, 0.4) is 0 Å². The van der Waals surface area contributed by atoms with Crippen molar-refractivity contribution < 1.29 is 9.90 Å². The summed E-state index contributed by atoms with van der Waals surface area (Å²) in [6, 6.07) is 7.17. The fourth-order valence-electron chi connectivity index (χ4n) is 1.85. The van der Waals surface area contributed by atoms with Crippen LogP contribution in [0.1, 0.15) is 12.0 Å². The number of hydrogen-bond acceptors (Lipinski definition) is 4. The first kappa shape index (κ1) is 13.2. The zero-order valence-corrected chi connectivity index (χ0v) is 11.0. The quantitative estimate of drug-likeness (QED) is 0.699. The van der Waals surface area contributed by atoms with Crippen molar-refractivity contribution in [3.8, 4) is 5.75 Å². The molecule has 5 heteroatoms. The third-order valence-corrected chi connectivity index (χ3v) is 3.85. The van der Waals surface area contributed by atoms with Crippen molar-refractivity contribution in [1.82, 2.24) is 10.6 Å². The lowest BCUT2D eigenvalue weighted by Crippen LogP contribution is -2.42. The van der Waals surface area contributed by atoms with E-state index in [0.717, 1.165) is 24.5 Å². The summed E-state index contributed by atoms with van der Waals surface area (Å²) in [5, 5.41) is 15.2. The molecule has 1 saturated heterocycles. The van der Waals surface area contributed by atoms with Crippen molar-refractivity contribution in [3.05, 3.63) is 29.8 Å². The molecule has 0 spiro atoms. The van der Waals surface area contributed by atoms with Gasteiger partial charge in [0.2, 0.25) is 5.91 Å². The molecule has 1 atom stereocenters. The minimum atomic E-state index is -0.0244. The van der Waals surface area contributed by atoms with Crippen molar-refractivity contribution in [2.75, 3.05) is 18.2 Å². The Bertz CT molecular complexity index is 388. The topological polar surface area (TPSA) is 61.4 Å². The Morgan fingerprint density at radius 1 is 1.44 bits per heavy atom. The number of nitrogens with one attached hydrogen (secondary N) is 2. The summed E-state index contributed by atoms with van der Waals surface area (Å²) >= 11 is 1.75. The Balaban J connectivity index is 1.63. The molecule has 0 aliphatic carbocycles. The molecule has 1 fully saturated rings. The van der Waals surface area contributed by atoms with Gasteiger partial charge in [-0.3, -0.25) is 10.1 Å². The molecule has 1 aliphatic heterocycles. The van der Waals surface area contributed by atoms with E-state index in [-0.39, 0.29) is 17.7 Å². The highest BCUT2D eigenvalue weighted by Crippen LogP contribution is 2.11. The van der Waals surface area contributed by atoms with Crippen molar-refractivity contribution in [1.29, 1.82) is 0 Å². The van der Waals surface area contributed by atoms with E-state index < -0.39 is 0 Å². The molecule has 1 aliphatic rings. The Labute approximate surface area is 111 Å². The highest BCUT2D eigenvalue weighted by atomic mass is 32.2. The predicted molar refractivity (Wildman–Crippen MR) is 73.7 cm³/mol. The summed E-state index contributed by atoms with van der Waals surface area (Å²) in [5.41, 5.74) is 1.18. The second-order valence-corrected chi connectivity index (χ2v) is 5.36. The highest BCUT2D eigenvalue weighted by molar-refractivity contribution is 7.99. The van der Waals surface area contributed by atoms with Gasteiger partial charge in [0.1, 0.15) is 5.75 Å². The molecule has 1 amide bonds. The van der Waals surface area contributed by atoms with E-state index in [4.69, 9.17) is 5.11 Å². The lowest BCUT2D eigenvalue weighted by Gasteiger charge is -2.10. The van der Waals surface area contributed by atoms with Crippen LogP contribution in [0.4, 0.5) is 0 Å². The smallest absolute Gasteiger partial charge is 0.238 e. The van der Waals surface area contributed by atoms with Gasteiger partial charge in [-0.05, 0) is 30.5 Å². The van der Waals surface area contributed by atoms with Gasteiger partial charge in [-0.25, -0.2) is 0 Å². The number of aryl methyl sites for hydroxylation is 1. The molecule has 1 unspecified atom stereocenters. The van der Waals surface area contributed by atoms with Crippen LogP contribution in [0.15, 0.2) is 24.3 Å². The van der Waals surface area contributed by atoms with Crippen LogP contribution in [0, 0.1) is 0 Å². The van der Waals surface area contributed by atoms with Crippen molar-refractivity contribution >= 4 is 17.7 Å². The summed E-state index contributed by atoms with van der Waals surface area (Å²) in [6.45, 7) is 0.697. The van der Waals surface area contributed by atoms with Crippen molar-refractivity contribution in [2.45, 2.75) is 18.9 Å². The van der Waals surface area contributed by atoms with Gasteiger partial charge in [-0.2, -0.15) is 0 Å². The molecule has 4 nitrogen and oxygen atoms in total. The molecule has 0 aromatic heterocycles. The van der Waals surface area contributed by atoms with E-state index in [9.17, 15) is 4.79 Å². The average molecular weight is 266 g/mol. The molecule has 18 heavy (non-hydrogen) atoms. The van der Waals surface area contributed by atoms with E-state index >= 15 is 0 Å². The third kappa shape index (κ3) is 3.92. The molecular formula is C13H18N2O2S. The summed E-state index contributed by atoms with van der Waals surface area (Å²) < 4.78 is 0. The molecule has 1 aromatic carbocycles. The lowest BCUT2D eigenvalue weighted by molar-refractivity contribution is -0.122. The monoisotopic (exact) mass is 266 g/mol. The number of phenolic OH excluding ortho intramolecular Hbond substituents is 1. The standard InChI is InChI=1S/C13H18N2O2S/c16-11-5-3-10(4-6-11)2-1-7-14-13(17)12-8-18-9-15-12/h3-6,12,15-16H,1-2,7-9H2,(H,14,17). The number of amides is 1. The number of hydrogen-bond donors (Lipinski definition) is 3. The SMILES string of the molecule is O=C(NCCCc1ccc(O)cc1)C1CSCN1. The van der Waals surface area contributed by atoms with E-state index in [1.54, 1.807) is 23.9 Å². The minimum absolute atomic E-state index is 0.0244. The summed E-state index contributed by atoms with van der Waals surface area (Å²) in [7, 11) is 0. The van der Waals surface area contributed by atoms with Crippen LogP contribution in [-0.2, 0) is 11.2 Å². The van der Waals surface area contributed by atoms with Crippen LogP contribution in [-0.4, -0.2) is 35.2 Å². The number of carbonyl (C=O) groups excluding carboxylic acids is 1. The van der Waals surface area contributed by atoms with E-state index in [1.807, 2.05) is 12.1 Å². The molecule has 3 N–H and O–H groups in total. The van der Waals surface area contributed by atoms with Crippen LogP contribution in [0.5, 0.6) is 5.75 Å². The number of benzene rings is 1. The number of aromatic hydroxyl groups is 1. The number of carbonyl (C=O) groups is 1. The van der Waals surface area contributed by atoms with Gasteiger partial charge in [-0.1, -0.05) is 12.1 Å². The Morgan fingerprint density at radius 3 is 2.89 bits per heavy atom. The first-order valence-electron chi connectivity index (χ1n) is 6.12. The van der Waals surface area contributed by atoms with Crippen molar-refractivity contribution in [2.24, 2.45) is 0 Å². The molecule has 0 radical (unpaired) electrons. The molecule has 2 rings (SSSR count). The van der Waals surface area contributed by atoms with Gasteiger partial charge in [0.05, 0.1) is 6.04 Å². The Hall–Kier alpha value is -1.20. The lowest BCUT2D eigenvalue weighted by atomic mass is 10.1. The fraction of sp³-hybridized carbons (Fsp3) is 0.462. The van der Waals surface area contributed by atoms with Crippen LogP contribution >= 0.6 is 11.8 Å². The molecule has 98 valence electrons. The maximum absolute atomic E-state index is 11.7. The second kappa shape index (κ2) is 6.66. The molecular weight excluding hydrogens is 248 g/mol. The van der Waals surface area contributed by atoms with E-state index in [2.05, 4.69) is 10.6 Å². The zero-order chi connectivity index (χ0) is 12.8. The second-order valence-electron chi connectivity index (χ2n) is 4.33. The van der Waals surface area contributed by atoms with Gasteiger partial charge in [-0.15, -0.1) is 11.8 Å². The Morgan fingerprint density at radius 2 is 2.22 bits per heavy atom. The first-order chi connectivity index (χ1) is 8.75. The zero-order valence-electron chi connectivity index (χ0n) is 10.2. The number of rotatable bonds is 5. The highest BCUT2D eigenvalue weighted by Gasteiger charge is 2.21. The molecule has 1 aromatic rings. The van der Waals surface area contributed by atoms with Crippen LogP contribution < -0.4 is 10.6 Å². The normalized spacial score (nSPS) is 18.8. The molecule has 0 saturated carbocycles. The first-order valence-corrected chi connectivity index (χ1v) is 7.28. The minimum Gasteiger partial charge on any atom is -0.508 e. The van der Waals surface area contributed by atoms with E-state index in [1.165, 1.54) is 5.56 Å². The average Bonchev–Trinajstić information content (AvgIpc) is 2.90. The van der Waals surface area contributed by atoms with E-state index in [0.29, 0.717) is 6.54 Å². The Kier molecular flexibility index (Phi) is 4.90. The number of phenols is 1. The summed E-state index contributed by atoms with van der Waals surface area (Å²) in [4.78, 5) is 11.7. The van der Waals surface area contributed by atoms with Gasteiger partial charge >= 0.3 is 0 Å². The third-order valence-electron chi connectivity index (χ3n) is 2.91. The van der Waals surface area contributed by atoms with Gasteiger partial charge in [0.25, 0.3) is 0 Å². The van der Waals surface area contributed by atoms with Gasteiger partial charge < -0.3 is 10.4 Å². The number of thioether (sulfide) groups is 1.